The molecule has 1 saturated heterocycles. The number of benzene rings is 1. The van der Waals surface area contributed by atoms with Crippen molar-refractivity contribution in [1.82, 2.24) is 20.2 Å². The molecule has 0 atom stereocenters. The first-order valence-electron chi connectivity index (χ1n) is 8.64. The van der Waals surface area contributed by atoms with E-state index in [4.69, 9.17) is 0 Å². The van der Waals surface area contributed by atoms with E-state index in [1.807, 2.05) is 38.1 Å². The summed E-state index contributed by atoms with van der Waals surface area (Å²) in [6.07, 6.45) is 0. The molecule has 0 saturated carbocycles. The molecule has 1 aromatic heterocycles. The quantitative estimate of drug-likeness (QED) is 0.920. The van der Waals surface area contributed by atoms with E-state index in [2.05, 4.69) is 32.1 Å². The standard InChI is InChI=1S/C19H25N5O/c1-14-4-6-16(7-5-14)13-20-19(25)17-12-18(22-15(2)21-17)24-10-8-23(3)9-11-24/h4-7,12H,8-11,13H2,1-3H3,(H,20,25). The molecule has 0 unspecified atom stereocenters. The maximum atomic E-state index is 12.5. The van der Waals surface area contributed by atoms with Crippen LogP contribution in [0, 0.1) is 13.8 Å². The van der Waals surface area contributed by atoms with Gasteiger partial charge in [-0.1, -0.05) is 29.8 Å². The number of nitrogens with one attached hydrogen (secondary N) is 1. The van der Waals surface area contributed by atoms with Gasteiger partial charge in [-0.25, -0.2) is 9.97 Å². The first-order valence-corrected chi connectivity index (χ1v) is 8.64. The number of rotatable bonds is 4. The molecule has 1 aromatic carbocycles. The average Bonchev–Trinajstić information content (AvgIpc) is 2.61. The molecule has 0 aliphatic carbocycles. The van der Waals surface area contributed by atoms with Crippen LogP contribution in [0.25, 0.3) is 0 Å². The van der Waals surface area contributed by atoms with Crippen LogP contribution < -0.4 is 10.2 Å². The first-order chi connectivity index (χ1) is 12.0. The summed E-state index contributed by atoms with van der Waals surface area (Å²) in [6.45, 7) is 8.19. The number of amides is 1. The van der Waals surface area contributed by atoms with Gasteiger partial charge in [0.2, 0.25) is 0 Å². The minimum Gasteiger partial charge on any atom is -0.354 e. The minimum absolute atomic E-state index is 0.165. The van der Waals surface area contributed by atoms with Crippen molar-refractivity contribution in [3.63, 3.8) is 0 Å². The number of hydrogen-bond donors (Lipinski definition) is 1. The molecule has 2 heterocycles. The molecule has 132 valence electrons. The van der Waals surface area contributed by atoms with Gasteiger partial charge in [0.1, 0.15) is 17.3 Å². The summed E-state index contributed by atoms with van der Waals surface area (Å²) >= 11 is 0. The topological polar surface area (TPSA) is 61.4 Å². The number of nitrogens with zero attached hydrogens (tertiary/aromatic N) is 4. The van der Waals surface area contributed by atoms with E-state index >= 15 is 0 Å². The molecule has 6 heteroatoms. The Labute approximate surface area is 148 Å². The van der Waals surface area contributed by atoms with Crippen molar-refractivity contribution in [2.45, 2.75) is 20.4 Å². The Morgan fingerprint density at radius 3 is 2.44 bits per heavy atom. The van der Waals surface area contributed by atoms with E-state index in [0.29, 0.717) is 18.1 Å². The van der Waals surface area contributed by atoms with Crippen molar-refractivity contribution in [3.05, 3.63) is 53.0 Å². The molecular formula is C19H25N5O. The molecular weight excluding hydrogens is 314 g/mol. The molecule has 25 heavy (non-hydrogen) atoms. The van der Waals surface area contributed by atoms with E-state index in [9.17, 15) is 4.79 Å². The molecule has 2 aromatic rings. The van der Waals surface area contributed by atoms with E-state index < -0.39 is 0 Å². The number of piperazine rings is 1. The van der Waals surface area contributed by atoms with Crippen molar-refractivity contribution in [3.8, 4) is 0 Å². The summed E-state index contributed by atoms with van der Waals surface area (Å²) < 4.78 is 0. The fourth-order valence-electron chi connectivity index (χ4n) is 2.84. The first kappa shape index (κ1) is 17.4. The molecule has 3 rings (SSSR count). The van der Waals surface area contributed by atoms with Gasteiger partial charge < -0.3 is 15.1 Å². The molecule has 0 bridgehead atoms. The Hall–Kier alpha value is -2.47. The van der Waals surface area contributed by atoms with Gasteiger partial charge in [0.05, 0.1) is 0 Å². The van der Waals surface area contributed by atoms with Crippen LogP contribution in [0.3, 0.4) is 0 Å². The zero-order valence-electron chi connectivity index (χ0n) is 15.1. The molecule has 0 spiro atoms. The highest BCUT2D eigenvalue weighted by Gasteiger charge is 2.18. The average molecular weight is 339 g/mol. The molecule has 1 amide bonds. The van der Waals surface area contributed by atoms with Crippen LogP contribution in [0.1, 0.15) is 27.4 Å². The maximum Gasteiger partial charge on any atom is 0.270 e. The Morgan fingerprint density at radius 1 is 1.08 bits per heavy atom. The number of carbonyl (C=O) groups excluding carboxylic acids is 1. The number of likely N-dealkylation sites (N-methyl/N-ethyl adjacent to an activating group) is 1. The lowest BCUT2D eigenvalue weighted by Gasteiger charge is -2.33. The van der Waals surface area contributed by atoms with Crippen molar-refractivity contribution >= 4 is 11.7 Å². The fourth-order valence-corrected chi connectivity index (χ4v) is 2.84. The third kappa shape index (κ3) is 4.54. The number of hydrogen-bond acceptors (Lipinski definition) is 5. The van der Waals surface area contributed by atoms with Crippen molar-refractivity contribution in [2.24, 2.45) is 0 Å². The number of anilines is 1. The smallest absolute Gasteiger partial charge is 0.270 e. The van der Waals surface area contributed by atoms with Crippen LogP contribution in [0.4, 0.5) is 5.82 Å². The summed E-state index contributed by atoms with van der Waals surface area (Å²) in [7, 11) is 2.12. The normalized spacial score (nSPS) is 15.2. The van der Waals surface area contributed by atoms with Crippen LogP contribution in [-0.4, -0.2) is 54.0 Å². The molecule has 1 N–H and O–H groups in total. The molecule has 1 fully saturated rings. The van der Waals surface area contributed by atoms with Crippen molar-refractivity contribution in [1.29, 1.82) is 0 Å². The highest BCUT2D eigenvalue weighted by atomic mass is 16.1. The van der Waals surface area contributed by atoms with Crippen molar-refractivity contribution < 1.29 is 4.79 Å². The van der Waals surface area contributed by atoms with E-state index in [0.717, 1.165) is 37.6 Å². The van der Waals surface area contributed by atoms with Crippen LogP contribution in [0.15, 0.2) is 30.3 Å². The molecule has 6 nitrogen and oxygen atoms in total. The second-order valence-electron chi connectivity index (χ2n) is 6.62. The number of aryl methyl sites for hydroxylation is 2. The molecule has 1 aliphatic rings. The van der Waals surface area contributed by atoms with Gasteiger partial charge in [-0.2, -0.15) is 0 Å². The summed E-state index contributed by atoms with van der Waals surface area (Å²) in [5.41, 5.74) is 2.70. The summed E-state index contributed by atoms with van der Waals surface area (Å²) in [5.74, 6) is 1.29. The van der Waals surface area contributed by atoms with Crippen LogP contribution in [-0.2, 0) is 6.54 Å². The Morgan fingerprint density at radius 2 is 1.76 bits per heavy atom. The van der Waals surface area contributed by atoms with Crippen LogP contribution in [0.2, 0.25) is 0 Å². The van der Waals surface area contributed by atoms with E-state index in [1.54, 1.807) is 6.07 Å². The highest BCUT2D eigenvalue weighted by molar-refractivity contribution is 5.92. The summed E-state index contributed by atoms with van der Waals surface area (Å²) in [6, 6.07) is 9.93. The van der Waals surface area contributed by atoms with Gasteiger partial charge in [0.25, 0.3) is 5.91 Å². The second-order valence-corrected chi connectivity index (χ2v) is 6.62. The lowest BCUT2D eigenvalue weighted by atomic mass is 10.1. The second kappa shape index (κ2) is 7.61. The zero-order valence-corrected chi connectivity index (χ0v) is 15.1. The zero-order chi connectivity index (χ0) is 17.8. The predicted octanol–water partition coefficient (Wildman–Crippen LogP) is 1.78. The Kier molecular flexibility index (Phi) is 5.28. The molecule has 0 radical (unpaired) electrons. The van der Waals surface area contributed by atoms with Gasteiger partial charge in [-0.05, 0) is 26.5 Å². The van der Waals surface area contributed by atoms with Gasteiger partial charge in [-0.15, -0.1) is 0 Å². The van der Waals surface area contributed by atoms with E-state index in [-0.39, 0.29) is 5.91 Å². The third-order valence-electron chi connectivity index (χ3n) is 4.46. The SMILES string of the molecule is Cc1ccc(CNC(=O)c2cc(N3CCN(C)CC3)nc(C)n2)cc1. The number of carbonyl (C=O) groups is 1. The fraction of sp³-hybridized carbons (Fsp3) is 0.421. The lowest BCUT2D eigenvalue weighted by Crippen LogP contribution is -2.45. The monoisotopic (exact) mass is 339 g/mol. The maximum absolute atomic E-state index is 12.5. The number of aromatic nitrogens is 2. The van der Waals surface area contributed by atoms with Crippen molar-refractivity contribution in [2.75, 3.05) is 38.1 Å². The highest BCUT2D eigenvalue weighted by Crippen LogP contribution is 2.15. The Balaban J connectivity index is 1.68. The largest absolute Gasteiger partial charge is 0.354 e. The minimum atomic E-state index is -0.165. The third-order valence-corrected chi connectivity index (χ3v) is 4.46. The Bertz CT molecular complexity index is 736. The lowest BCUT2D eigenvalue weighted by molar-refractivity contribution is 0.0945. The molecule has 1 aliphatic heterocycles. The van der Waals surface area contributed by atoms with Gasteiger partial charge in [-0.3, -0.25) is 4.79 Å². The van der Waals surface area contributed by atoms with E-state index in [1.165, 1.54) is 5.56 Å². The predicted molar refractivity (Wildman–Crippen MR) is 98.8 cm³/mol. The van der Waals surface area contributed by atoms with Crippen LogP contribution >= 0.6 is 0 Å². The van der Waals surface area contributed by atoms with Gasteiger partial charge in [0.15, 0.2) is 0 Å². The van der Waals surface area contributed by atoms with Gasteiger partial charge >= 0.3 is 0 Å². The van der Waals surface area contributed by atoms with Gasteiger partial charge in [0, 0.05) is 38.8 Å². The van der Waals surface area contributed by atoms with Crippen LogP contribution in [0.5, 0.6) is 0 Å². The summed E-state index contributed by atoms with van der Waals surface area (Å²) in [4.78, 5) is 25.8. The summed E-state index contributed by atoms with van der Waals surface area (Å²) in [5, 5.41) is 2.94.